The van der Waals surface area contributed by atoms with Gasteiger partial charge in [0.15, 0.2) is 5.13 Å². The summed E-state index contributed by atoms with van der Waals surface area (Å²) in [5.74, 6) is -2.53. The first kappa shape index (κ1) is 19.1. The molecule has 0 saturated carbocycles. The van der Waals surface area contributed by atoms with Crippen molar-refractivity contribution >= 4 is 39.9 Å². The number of phenols is 1. The van der Waals surface area contributed by atoms with E-state index in [-0.39, 0.29) is 34.4 Å². The Morgan fingerprint density at radius 3 is 2.50 bits per heavy atom. The molecular weight excluding hydrogens is 382 g/mol. The third kappa shape index (κ3) is 4.71. The highest BCUT2D eigenvalue weighted by Gasteiger charge is 2.15. The molecule has 8 nitrogen and oxygen atoms in total. The second-order valence-electron chi connectivity index (χ2n) is 5.74. The van der Waals surface area contributed by atoms with Crippen LogP contribution in [0.25, 0.3) is 0 Å². The quantitative estimate of drug-likeness (QED) is 0.473. The lowest BCUT2D eigenvalue weighted by atomic mass is 10.1. The summed E-state index contributed by atoms with van der Waals surface area (Å²) < 4.78 is 0. The van der Waals surface area contributed by atoms with Crippen molar-refractivity contribution in [3.05, 3.63) is 70.7 Å². The standard InChI is InChI=1S/C19H15N3O5S/c23-15-7-6-12(9-13(15)18(26)27)20-17(25)14-10-28-19(21-14)22-16(24)8-11-4-2-1-3-5-11/h1-7,9-10,23H,8H2,(H,20,25)(H,26,27)(H,21,22,24). The first-order valence-corrected chi connectivity index (χ1v) is 8.97. The summed E-state index contributed by atoms with van der Waals surface area (Å²) in [6, 6.07) is 12.9. The number of hydrogen-bond acceptors (Lipinski definition) is 6. The van der Waals surface area contributed by atoms with Gasteiger partial charge in [0.25, 0.3) is 5.91 Å². The number of amides is 2. The molecule has 0 aliphatic carbocycles. The van der Waals surface area contributed by atoms with E-state index in [1.165, 1.54) is 17.5 Å². The van der Waals surface area contributed by atoms with Crippen LogP contribution in [-0.4, -0.2) is 33.0 Å². The highest BCUT2D eigenvalue weighted by molar-refractivity contribution is 7.14. The van der Waals surface area contributed by atoms with Gasteiger partial charge in [-0.05, 0) is 23.8 Å². The van der Waals surface area contributed by atoms with Crippen LogP contribution in [0.2, 0.25) is 0 Å². The van der Waals surface area contributed by atoms with Gasteiger partial charge >= 0.3 is 5.97 Å². The molecular formula is C19H15N3O5S. The third-order valence-corrected chi connectivity index (χ3v) is 4.43. The first-order chi connectivity index (χ1) is 13.4. The molecule has 142 valence electrons. The lowest BCUT2D eigenvalue weighted by Gasteiger charge is -2.06. The van der Waals surface area contributed by atoms with E-state index in [1.54, 1.807) is 0 Å². The number of carboxylic acid groups (broad SMARTS) is 1. The zero-order valence-electron chi connectivity index (χ0n) is 14.4. The fourth-order valence-corrected chi connectivity index (χ4v) is 3.07. The zero-order valence-corrected chi connectivity index (χ0v) is 15.2. The smallest absolute Gasteiger partial charge is 0.339 e. The number of aromatic nitrogens is 1. The van der Waals surface area contributed by atoms with Gasteiger partial charge in [0.1, 0.15) is 17.0 Å². The van der Waals surface area contributed by atoms with E-state index < -0.39 is 17.6 Å². The Balaban J connectivity index is 1.63. The van der Waals surface area contributed by atoms with Gasteiger partial charge in [-0.1, -0.05) is 30.3 Å². The number of carbonyl (C=O) groups is 3. The van der Waals surface area contributed by atoms with E-state index in [0.29, 0.717) is 0 Å². The van der Waals surface area contributed by atoms with E-state index in [0.717, 1.165) is 23.0 Å². The molecule has 0 radical (unpaired) electrons. The lowest BCUT2D eigenvalue weighted by Crippen LogP contribution is -2.15. The van der Waals surface area contributed by atoms with Crippen LogP contribution in [0, 0.1) is 0 Å². The molecule has 0 aliphatic rings. The van der Waals surface area contributed by atoms with Crippen LogP contribution in [-0.2, 0) is 11.2 Å². The van der Waals surface area contributed by atoms with Gasteiger partial charge in [0.05, 0.1) is 6.42 Å². The number of carbonyl (C=O) groups excluding carboxylic acids is 2. The van der Waals surface area contributed by atoms with Crippen LogP contribution in [0.4, 0.5) is 10.8 Å². The van der Waals surface area contributed by atoms with Crippen molar-refractivity contribution in [3.8, 4) is 5.75 Å². The predicted octanol–water partition coefficient (Wildman–Crippen LogP) is 2.98. The minimum absolute atomic E-state index is 0.0740. The van der Waals surface area contributed by atoms with Crippen LogP contribution in [0.3, 0.4) is 0 Å². The predicted molar refractivity (Wildman–Crippen MR) is 104 cm³/mol. The van der Waals surface area contributed by atoms with Crippen molar-refractivity contribution in [2.75, 3.05) is 10.6 Å². The van der Waals surface area contributed by atoms with E-state index in [9.17, 15) is 19.5 Å². The summed E-state index contributed by atoms with van der Waals surface area (Å²) >= 11 is 1.10. The highest BCUT2D eigenvalue weighted by atomic mass is 32.1. The van der Waals surface area contributed by atoms with Gasteiger partial charge in [0.2, 0.25) is 5.91 Å². The molecule has 3 rings (SSSR count). The lowest BCUT2D eigenvalue weighted by molar-refractivity contribution is -0.115. The van der Waals surface area contributed by atoms with Gasteiger partial charge in [-0.2, -0.15) is 0 Å². The topological polar surface area (TPSA) is 129 Å². The molecule has 1 heterocycles. The molecule has 2 aromatic carbocycles. The van der Waals surface area contributed by atoms with Crippen LogP contribution in [0.1, 0.15) is 26.4 Å². The average molecular weight is 397 g/mol. The maximum Gasteiger partial charge on any atom is 0.339 e. The summed E-state index contributed by atoms with van der Waals surface area (Å²) in [5.41, 5.74) is 0.800. The molecule has 0 atom stereocenters. The van der Waals surface area contributed by atoms with Gasteiger partial charge in [-0.3, -0.25) is 9.59 Å². The fraction of sp³-hybridized carbons (Fsp3) is 0.0526. The first-order valence-electron chi connectivity index (χ1n) is 8.09. The van der Waals surface area contributed by atoms with Crippen LogP contribution < -0.4 is 10.6 Å². The van der Waals surface area contributed by atoms with E-state index in [4.69, 9.17) is 5.11 Å². The van der Waals surface area contributed by atoms with Crippen LogP contribution >= 0.6 is 11.3 Å². The monoisotopic (exact) mass is 397 g/mol. The molecule has 0 saturated heterocycles. The van der Waals surface area contributed by atoms with E-state index >= 15 is 0 Å². The maximum atomic E-state index is 12.3. The summed E-state index contributed by atoms with van der Waals surface area (Å²) in [7, 11) is 0. The number of aromatic carboxylic acids is 1. The molecule has 28 heavy (non-hydrogen) atoms. The summed E-state index contributed by atoms with van der Waals surface area (Å²) in [6.07, 6.45) is 0.188. The number of thiazole rings is 1. The minimum Gasteiger partial charge on any atom is -0.507 e. The Morgan fingerprint density at radius 2 is 1.79 bits per heavy atom. The molecule has 2 amide bonds. The van der Waals surface area contributed by atoms with E-state index in [2.05, 4.69) is 15.6 Å². The second-order valence-corrected chi connectivity index (χ2v) is 6.60. The molecule has 0 unspecified atom stereocenters. The number of aromatic hydroxyl groups is 1. The number of benzene rings is 2. The molecule has 4 N–H and O–H groups in total. The summed E-state index contributed by atoms with van der Waals surface area (Å²) in [4.78, 5) is 39.5. The van der Waals surface area contributed by atoms with E-state index in [1.807, 2.05) is 30.3 Å². The normalized spacial score (nSPS) is 10.3. The number of carboxylic acids is 1. The molecule has 3 aromatic rings. The van der Waals surface area contributed by atoms with Crippen molar-refractivity contribution in [1.29, 1.82) is 0 Å². The molecule has 9 heteroatoms. The summed E-state index contributed by atoms with van der Waals surface area (Å²) in [6.45, 7) is 0. The van der Waals surface area contributed by atoms with Crippen molar-refractivity contribution in [3.63, 3.8) is 0 Å². The fourth-order valence-electron chi connectivity index (χ4n) is 2.36. The van der Waals surface area contributed by atoms with Gasteiger partial charge < -0.3 is 20.8 Å². The highest BCUT2D eigenvalue weighted by Crippen LogP contribution is 2.22. The largest absolute Gasteiger partial charge is 0.507 e. The van der Waals surface area contributed by atoms with Gasteiger partial charge in [-0.15, -0.1) is 11.3 Å². The molecule has 0 fully saturated rings. The summed E-state index contributed by atoms with van der Waals surface area (Å²) in [5, 5.41) is 25.4. The zero-order chi connectivity index (χ0) is 20.1. The number of nitrogens with one attached hydrogen (secondary N) is 2. The Kier molecular flexibility index (Phi) is 5.66. The van der Waals surface area contributed by atoms with Gasteiger partial charge in [-0.25, -0.2) is 9.78 Å². The molecule has 1 aromatic heterocycles. The maximum absolute atomic E-state index is 12.3. The number of rotatable bonds is 6. The van der Waals surface area contributed by atoms with Crippen molar-refractivity contribution < 1.29 is 24.6 Å². The third-order valence-electron chi connectivity index (χ3n) is 3.68. The SMILES string of the molecule is O=C(Cc1ccccc1)Nc1nc(C(=O)Nc2ccc(O)c(C(=O)O)c2)cs1. The Bertz CT molecular complexity index is 1030. The Hall–Kier alpha value is -3.72. The number of anilines is 2. The second kappa shape index (κ2) is 8.31. The Morgan fingerprint density at radius 1 is 1.04 bits per heavy atom. The number of hydrogen-bond donors (Lipinski definition) is 4. The molecule has 0 aliphatic heterocycles. The Labute approximate surface area is 163 Å². The average Bonchev–Trinajstić information content (AvgIpc) is 3.12. The molecule has 0 bridgehead atoms. The molecule has 0 spiro atoms. The minimum atomic E-state index is -1.31. The van der Waals surface area contributed by atoms with Crippen molar-refractivity contribution in [2.45, 2.75) is 6.42 Å². The number of nitrogens with zero attached hydrogens (tertiary/aromatic N) is 1. The van der Waals surface area contributed by atoms with Crippen LogP contribution in [0.15, 0.2) is 53.9 Å². The van der Waals surface area contributed by atoms with Crippen LogP contribution in [0.5, 0.6) is 5.75 Å². The van der Waals surface area contributed by atoms with Gasteiger partial charge in [0, 0.05) is 11.1 Å². The van der Waals surface area contributed by atoms with Crippen molar-refractivity contribution in [1.82, 2.24) is 4.98 Å². The van der Waals surface area contributed by atoms with Crippen molar-refractivity contribution in [2.24, 2.45) is 0 Å².